The number of nitrogens with zero attached hydrogens (tertiary/aromatic N) is 1. The number of aliphatic hydroxyl groups excluding tert-OH is 1. The maximum Gasteiger partial charge on any atom is 0.223 e. The van der Waals surface area contributed by atoms with Crippen LogP contribution in [0.5, 0.6) is 0 Å². The molecule has 1 fully saturated rings. The van der Waals surface area contributed by atoms with Gasteiger partial charge in [0.2, 0.25) is 5.91 Å². The Morgan fingerprint density at radius 1 is 1.55 bits per heavy atom. The number of methoxy groups -OCH3 is 1. The molecule has 2 aliphatic rings. The van der Waals surface area contributed by atoms with Gasteiger partial charge < -0.3 is 20.5 Å². The summed E-state index contributed by atoms with van der Waals surface area (Å²) in [6, 6.07) is 0. The summed E-state index contributed by atoms with van der Waals surface area (Å²) in [5.74, 6) is 0.0264. The first-order chi connectivity index (χ1) is 13.8. The Labute approximate surface area is 178 Å². The fourth-order valence-corrected chi connectivity index (χ4v) is 6.68. The van der Waals surface area contributed by atoms with Crippen LogP contribution >= 0.6 is 11.3 Å². The predicted octanol–water partition coefficient (Wildman–Crippen LogP) is 3.19. The average Bonchev–Trinajstić information content (AvgIpc) is 3.08. The van der Waals surface area contributed by atoms with E-state index in [2.05, 4.69) is 31.1 Å². The molecule has 0 radical (unpaired) electrons. The number of anilines is 1. The molecule has 7 heteroatoms. The van der Waals surface area contributed by atoms with E-state index in [-0.39, 0.29) is 35.0 Å². The molecular weight excluding hydrogens is 386 g/mol. The highest BCUT2D eigenvalue weighted by molar-refractivity contribution is 7.15. The van der Waals surface area contributed by atoms with Gasteiger partial charge in [-0.1, -0.05) is 26.8 Å². The predicted molar refractivity (Wildman–Crippen MR) is 117 cm³/mol. The third-order valence-electron chi connectivity index (χ3n) is 6.98. The van der Waals surface area contributed by atoms with E-state index in [0.29, 0.717) is 19.7 Å². The van der Waals surface area contributed by atoms with E-state index in [0.717, 1.165) is 30.1 Å². The fourth-order valence-electron chi connectivity index (χ4n) is 5.41. The molecule has 1 aromatic rings. The van der Waals surface area contributed by atoms with Gasteiger partial charge in [-0.25, -0.2) is 4.98 Å². The third-order valence-corrected chi connectivity index (χ3v) is 8.01. The number of carbonyl (C=O) groups excluding carboxylic acids is 1. The second kappa shape index (κ2) is 9.14. The zero-order chi connectivity index (χ0) is 21.2. The lowest BCUT2D eigenvalue weighted by atomic mass is 9.53. The molecule has 0 saturated heterocycles. The lowest BCUT2D eigenvalue weighted by Crippen LogP contribution is -2.53. The maximum absolute atomic E-state index is 12.6. The van der Waals surface area contributed by atoms with Gasteiger partial charge in [0.1, 0.15) is 0 Å². The summed E-state index contributed by atoms with van der Waals surface area (Å²) < 4.78 is 5.02. The summed E-state index contributed by atoms with van der Waals surface area (Å²) in [5, 5.41) is 18.6. The minimum Gasteiger partial charge on any atom is -0.392 e. The van der Waals surface area contributed by atoms with Crippen LogP contribution in [0, 0.1) is 23.2 Å². The molecule has 3 N–H and O–H groups in total. The Hall–Kier alpha value is -1.44. The molecule has 0 aliphatic heterocycles. The highest BCUT2D eigenvalue weighted by Crippen LogP contribution is 2.57. The second-order valence-electron chi connectivity index (χ2n) is 8.91. The summed E-state index contributed by atoms with van der Waals surface area (Å²) in [6.45, 7) is 11.9. The van der Waals surface area contributed by atoms with Crippen LogP contribution in [0.1, 0.15) is 50.1 Å². The number of aliphatic hydroxyl groups is 1. The zero-order valence-electron chi connectivity index (χ0n) is 18.0. The van der Waals surface area contributed by atoms with Crippen LogP contribution in [0.4, 0.5) is 5.13 Å². The van der Waals surface area contributed by atoms with Gasteiger partial charge in [-0.2, -0.15) is 0 Å². The molecular formula is C22H35N3O3S. The second-order valence-corrected chi connectivity index (χ2v) is 9.99. The van der Waals surface area contributed by atoms with Crippen LogP contribution in [-0.4, -0.2) is 48.9 Å². The number of thiazole rings is 1. The normalized spacial score (nSPS) is 32.0. The molecule has 0 bridgehead atoms. The van der Waals surface area contributed by atoms with Crippen molar-refractivity contribution in [3.63, 3.8) is 0 Å². The summed E-state index contributed by atoms with van der Waals surface area (Å²) in [5.41, 5.74) is 1.15. The topological polar surface area (TPSA) is 83.5 Å². The van der Waals surface area contributed by atoms with E-state index >= 15 is 0 Å². The number of rotatable bonds is 8. The van der Waals surface area contributed by atoms with Crippen molar-refractivity contribution in [1.82, 2.24) is 10.3 Å². The van der Waals surface area contributed by atoms with Crippen molar-refractivity contribution in [3.05, 3.63) is 23.2 Å². The quantitative estimate of drug-likeness (QED) is 0.443. The first kappa shape index (κ1) is 22.2. The molecule has 0 aromatic carbocycles. The van der Waals surface area contributed by atoms with Gasteiger partial charge in [0.25, 0.3) is 0 Å². The molecule has 0 spiro atoms. The molecule has 2 aliphatic carbocycles. The van der Waals surface area contributed by atoms with Crippen molar-refractivity contribution < 1.29 is 14.6 Å². The molecule has 0 unspecified atom stereocenters. The number of fused-ring (bicyclic) bond motifs is 2. The molecule has 3 rings (SSSR count). The molecule has 1 aromatic heterocycles. The first-order valence-electron chi connectivity index (χ1n) is 10.6. The zero-order valence-corrected chi connectivity index (χ0v) is 18.8. The van der Waals surface area contributed by atoms with Crippen molar-refractivity contribution in [2.45, 2.75) is 52.1 Å². The van der Waals surface area contributed by atoms with Gasteiger partial charge in [-0.3, -0.25) is 4.79 Å². The van der Waals surface area contributed by atoms with E-state index in [1.54, 1.807) is 18.4 Å². The third kappa shape index (κ3) is 4.37. The maximum atomic E-state index is 12.6. The number of hydrogen-bond donors (Lipinski definition) is 3. The Morgan fingerprint density at radius 2 is 2.31 bits per heavy atom. The number of amides is 1. The largest absolute Gasteiger partial charge is 0.392 e. The lowest BCUT2D eigenvalue weighted by molar-refractivity contribution is -0.135. The van der Waals surface area contributed by atoms with Crippen LogP contribution < -0.4 is 10.6 Å². The SMILES string of the molecule is C=CCNc1nc2c(s1)C[C@@]1(C)CC[C@@H]([C@H](C)C(=O)NCCOC)[C@H](O)[C@H]1[C@H]2C. The molecule has 6 atom stereocenters. The number of ether oxygens (including phenoxy) is 1. The summed E-state index contributed by atoms with van der Waals surface area (Å²) >= 11 is 1.73. The highest BCUT2D eigenvalue weighted by Gasteiger charge is 2.53. The van der Waals surface area contributed by atoms with Gasteiger partial charge in [-0.05, 0) is 36.5 Å². The smallest absolute Gasteiger partial charge is 0.223 e. The van der Waals surface area contributed by atoms with E-state index in [1.807, 2.05) is 13.0 Å². The van der Waals surface area contributed by atoms with Crippen molar-refractivity contribution >= 4 is 22.4 Å². The van der Waals surface area contributed by atoms with Gasteiger partial charge in [0, 0.05) is 36.9 Å². The Balaban J connectivity index is 1.77. The van der Waals surface area contributed by atoms with Gasteiger partial charge in [0.15, 0.2) is 5.13 Å². The number of aromatic nitrogens is 1. The summed E-state index contributed by atoms with van der Waals surface area (Å²) in [4.78, 5) is 18.7. The number of hydrogen-bond acceptors (Lipinski definition) is 6. The number of carbonyl (C=O) groups is 1. The Kier molecular flexibility index (Phi) is 7.02. The van der Waals surface area contributed by atoms with E-state index in [9.17, 15) is 9.90 Å². The van der Waals surface area contributed by atoms with Crippen LogP contribution in [-0.2, 0) is 16.0 Å². The minimum atomic E-state index is -0.508. The van der Waals surface area contributed by atoms with Crippen LogP contribution in [0.3, 0.4) is 0 Å². The Bertz CT molecular complexity index is 737. The van der Waals surface area contributed by atoms with Gasteiger partial charge >= 0.3 is 0 Å². The van der Waals surface area contributed by atoms with Gasteiger partial charge in [0.05, 0.1) is 18.4 Å². The van der Waals surface area contributed by atoms with E-state index in [1.165, 1.54) is 4.88 Å². The molecule has 6 nitrogen and oxygen atoms in total. The van der Waals surface area contributed by atoms with E-state index < -0.39 is 6.10 Å². The molecule has 1 heterocycles. The molecule has 1 amide bonds. The van der Waals surface area contributed by atoms with Gasteiger partial charge in [-0.15, -0.1) is 17.9 Å². The molecule has 29 heavy (non-hydrogen) atoms. The molecule has 162 valence electrons. The standard InChI is InChI=1S/C22H35N3O3S/c1-6-9-24-21-25-18-14(3)17-19(26)15(13(2)20(27)23-10-11-28-5)7-8-22(17,4)12-16(18)29-21/h6,13-15,17,19,26H,1,7-12H2,2-5H3,(H,23,27)(H,24,25)/t13-,14+,15-,17+,19-,22+/m0/s1. The van der Waals surface area contributed by atoms with Crippen molar-refractivity contribution in [3.8, 4) is 0 Å². The Morgan fingerprint density at radius 3 is 3.00 bits per heavy atom. The van der Waals surface area contributed by atoms with E-state index in [4.69, 9.17) is 9.72 Å². The van der Waals surface area contributed by atoms with Crippen LogP contribution in [0.15, 0.2) is 12.7 Å². The van der Waals surface area contributed by atoms with Crippen molar-refractivity contribution in [2.24, 2.45) is 23.2 Å². The lowest BCUT2D eigenvalue weighted by Gasteiger charge is -2.53. The van der Waals surface area contributed by atoms with Crippen LogP contribution in [0.2, 0.25) is 0 Å². The average molecular weight is 422 g/mol. The van der Waals surface area contributed by atoms with Crippen molar-refractivity contribution in [2.75, 3.05) is 32.1 Å². The fraction of sp³-hybridized carbons (Fsp3) is 0.727. The molecule has 1 saturated carbocycles. The summed E-state index contributed by atoms with van der Waals surface area (Å²) in [6.07, 6.45) is 4.16. The summed E-state index contributed by atoms with van der Waals surface area (Å²) in [7, 11) is 1.62. The van der Waals surface area contributed by atoms with Crippen LogP contribution in [0.25, 0.3) is 0 Å². The number of nitrogens with one attached hydrogen (secondary N) is 2. The monoisotopic (exact) mass is 421 g/mol. The first-order valence-corrected chi connectivity index (χ1v) is 11.4. The minimum absolute atomic E-state index is 0.00317. The van der Waals surface area contributed by atoms with Crippen molar-refractivity contribution in [1.29, 1.82) is 0 Å². The highest BCUT2D eigenvalue weighted by atomic mass is 32.1.